The van der Waals surface area contributed by atoms with Gasteiger partial charge in [-0.2, -0.15) is 4.31 Å². The Kier molecular flexibility index (Phi) is 8.53. The number of nitrogens with one attached hydrogen (secondary N) is 2. The molecule has 0 spiro atoms. The van der Waals surface area contributed by atoms with Crippen molar-refractivity contribution >= 4 is 45.0 Å². The third-order valence-electron chi connectivity index (χ3n) is 5.36. The standard InChI is InChI=1S/C22H25Cl2N3O4S/c23-17-8-10-19(11-9-17)32(30,31)27-14-4-3-6-18(27)12-13-25-21(28)22(29)26-15-16-5-1-2-7-20(16)24/h1-2,5,7-11,18H,3-4,6,12-15H2,(H,25,28)(H,26,29)/t18-/m1/s1. The molecule has 7 nitrogen and oxygen atoms in total. The third-order valence-corrected chi connectivity index (χ3v) is 7.95. The molecule has 0 radical (unpaired) electrons. The van der Waals surface area contributed by atoms with Crippen LogP contribution in [0.4, 0.5) is 0 Å². The van der Waals surface area contributed by atoms with Crippen molar-refractivity contribution in [3.05, 3.63) is 64.1 Å². The molecule has 2 amide bonds. The van der Waals surface area contributed by atoms with Crippen molar-refractivity contribution in [1.29, 1.82) is 0 Å². The molecule has 2 aromatic carbocycles. The van der Waals surface area contributed by atoms with Gasteiger partial charge in [-0.1, -0.05) is 47.8 Å². The molecule has 2 N–H and O–H groups in total. The lowest BCUT2D eigenvalue weighted by Crippen LogP contribution is -2.46. The maximum absolute atomic E-state index is 13.1. The number of carbonyl (C=O) groups excluding carboxylic acids is 2. The molecule has 1 heterocycles. The molecule has 1 aliphatic heterocycles. The number of halogens is 2. The minimum atomic E-state index is -3.67. The summed E-state index contributed by atoms with van der Waals surface area (Å²) in [6.45, 7) is 0.749. The molecule has 0 unspecified atom stereocenters. The molecule has 32 heavy (non-hydrogen) atoms. The molecule has 0 bridgehead atoms. The molecule has 172 valence electrons. The van der Waals surface area contributed by atoms with Gasteiger partial charge in [0.15, 0.2) is 0 Å². The Hall–Kier alpha value is -2.13. The zero-order valence-corrected chi connectivity index (χ0v) is 19.7. The van der Waals surface area contributed by atoms with Gasteiger partial charge in [0.05, 0.1) is 4.90 Å². The Balaban J connectivity index is 1.53. The number of piperidine rings is 1. The van der Waals surface area contributed by atoms with Crippen LogP contribution in [0.25, 0.3) is 0 Å². The molecule has 10 heteroatoms. The molecular weight excluding hydrogens is 473 g/mol. The lowest BCUT2D eigenvalue weighted by molar-refractivity contribution is -0.139. The molecule has 0 aliphatic carbocycles. The molecule has 0 saturated carbocycles. The first-order valence-electron chi connectivity index (χ1n) is 10.4. The molecule has 1 atom stereocenters. The van der Waals surface area contributed by atoms with Crippen LogP contribution in [0.2, 0.25) is 10.0 Å². The summed E-state index contributed by atoms with van der Waals surface area (Å²) in [6, 6.07) is 12.9. The maximum Gasteiger partial charge on any atom is 0.309 e. The number of sulfonamides is 1. The van der Waals surface area contributed by atoms with Crippen molar-refractivity contribution < 1.29 is 18.0 Å². The minimum Gasteiger partial charge on any atom is -0.348 e. The van der Waals surface area contributed by atoms with Gasteiger partial charge in [0.1, 0.15) is 0 Å². The van der Waals surface area contributed by atoms with Crippen LogP contribution in [-0.4, -0.2) is 43.7 Å². The van der Waals surface area contributed by atoms with Gasteiger partial charge in [-0.15, -0.1) is 0 Å². The quantitative estimate of drug-likeness (QED) is 0.573. The Labute approximate surface area is 198 Å². The van der Waals surface area contributed by atoms with Gasteiger partial charge in [0, 0.05) is 35.7 Å². The van der Waals surface area contributed by atoms with Crippen LogP contribution in [-0.2, 0) is 26.2 Å². The van der Waals surface area contributed by atoms with Gasteiger partial charge in [-0.3, -0.25) is 9.59 Å². The van der Waals surface area contributed by atoms with Crippen molar-refractivity contribution in [2.24, 2.45) is 0 Å². The average Bonchev–Trinajstić information content (AvgIpc) is 2.79. The fourth-order valence-electron chi connectivity index (χ4n) is 3.65. The minimum absolute atomic E-state index is 0.141. The van der Waals surface area contributed by atoms with E-state index in [-0.39, 0.29) is 24.0 Å². The highest BCUT2D eigenvalue weighted by Gasteiger charge is 2.33. The zero-order chi connectivity index (χ0) is 23.1. The van der Waals surface area contributed by atoms with E-state index in [9.17, 15) is 18.0 Å². The highest BCUT2D eigenvalue weighted by Crippen LogP contribution is 2.27. The largest absolute Gasteiger partial charge is 0.348 e. The summed E-state index contributed by atoms with van der Waals surface area (Å²) in [5.41, 5.74) is 0.709. The van der Waals surface area contributed by atoms with E-state index in [2.05, 4.69) is 10.6 Å². The van der Waals surface area contributed by atoms with Crippen LogP contribution < -0.4 is 10.6 Å². The van der Waals surface area contributed by atoms with Gasteiger partial charge in [-0.05, 0) is 55.2 Å². The predicted octanol–water partition coefficient (Wildman–Crippen LogP) is 3.36. The van der Waals surface area contributed by atoms with E-state index >= 15 is 0 Å². The molecular formula is C22H25Cl2N3O4S. The fourth-order valence-corrected chi connectivity index (χ4v) is 5.70. The number of nitrogens with zero attached hydrogens (tertiary/aromatic N) is 1. The second-order valence-electron chi connectivity index (χ2n) is 7.54. The first-order chi connectivity index (χ1) is 15.3. The van der Waals surface area contributed by atoms with Crippen molar-refractivity contribution in [2.45, 2.75) is 43.2 Å². The molecule has 3 rings (SSSR count). The molecule has 2 aromatic rings. The summed E-state index contributed by atoms with van der Waals surface area (Å²) in [7, 11) is -3.67. The molecule has 1 aliphatic rings. The van der Waals surface area contributed by atoms with Gasteiger partial charge in [0.25, 0.3) is 0 Å². The Morgan fingerprint density at radius 3 is 2.38 bits per heavy atom. The monoisotopic (exact) mass is 497 g/mol. The normalized spacial score (nSPS) is 17.0. The van der Waals surface area contributed by atoms with E-state index in [1.165, 1.54) is 16.4 Å². The van der Waals surface area contributed by atoms with Gasteiger partial charge >= 0.3 is 11.8 Å². The van der Waals surface area contributed by atoms with Gasteiger partial charge in [-0.25, -0.2) is 8.42 Å². The van der Waals surface area contributed by atoms with Crippen molar-refractivity contribution in [2.75, 3.05) is 13.1 Å². The van der Waals surface area contributed by atoms with Crippen LogP contribution in [0, 0.1) is 0 Å². The molecule has 1 fully saturated rings. The smallest absolute Gasteiger partial charge is 0.309 e. The van der Waals surface area contributed by atoms with Crippen LogP contribution in [0.1, 0.15) is 31.2 Å². The first kappa shape index (κ1) is 24.5. The summed E-state index contributed by atoms with van der Waals surface area (Å²) in [4.78, 5) is 24.4. The zero-order valence-electron chi connectivity index (χ0n) is 17.4. The highest BCUT2D eigenvalue weighted by atomic mass is 35.5. The third kappa shape index (κ3) is 6.22. The van der Waals surface area contributed by atoms with Crippen LogP contribution >= 0.6 is 23.2 Å². The summed E-state index contributed by atoms with van der Waals surface area (Å²) < 4.78 is 27.7. The SMILES string of the molecule is O=C(NCC[C@H]1CCCCN1S(=O)(=O)c1ccc(Cl)cc1)C(=O)NCc1ccccc1Cl. The van der Waals surface area contributed by atoms with Crippen molar-refractivity contribution in [1.82, 2.24) is 14.9 Å². The maximum atomic E-state index is 13.1. The number of rotatable bonds is 7. The number of amides is 2. The van der Waals surface area contributed by atoms with Crippen LogP contribution in [0.5, 0.6) is 0 Å². The topological polar surface area (TPSA) is 95.6 Å². The number of carbonyl (C=O) groups is 2. The number of hydrogen-bond donors (Lipinski definition) is 2. The van der Waals surface area contributed by atoms with Crippen LogP contribution in [0.3, 0.4) is 0 Å². The number of benzene rings is 2. The lowest BCUT2D eigenvalue weighted by Gasteiger charge is -2.34. The van der Waals surface area contributed by atoms with E-state index in [1.54, 1.807) is 36.4 Å². The highest BCUT2D eigenvalue weighted by molar-refractivity contribution is 7.89. The summed E-state index contributed by atoms with van der Waals surface area (Å²) in [6.07, 6.45) is 2.79. The molecule has 1 saturated heterocycles. The molecule has 0 aromatic heterocycles. The Bertz CT molecular complexity index is 1060. The Morgan fingerprint density at radius 1 is 0.969 bits per heavy atom. The van der Waals surface area contributed by atoms with E-state index in [4.69, 9.17) is 23.2 Å². The van der Waals surface area contributed by atoms with E-state index in [0.717, 1.165) is 12.8 Å². The summed E-state index contributed by atoms with van der Waals surface area (Å²) in [5.74, 6) is -1.53. The second-order valence-corrected chi connectivity index (χ2v) is 10.3. The predicted molar refractivity (Wildman–Crippen MR) is 124 cm³/mol. The van der Waals surface area contributed by atoms with E-state index in [1.807, 2.05) is 0 Å². The van der Waals surface area contributed by atoms with Gasteiger partial charge in [0.2, 0.25) is 10.0 Å². The number of hydrogen-bond acceptors (Lipinski definition) is 4. The second kappa shape index (κ2) is 11.1. The van der Waals surface area contributed by atoms with Crippen LogP contribution in [0.15, 0.2) is 53.4 Å². The van der Waals surface area contributed by atoms with Gasteiger partial charge < -0.3 is 10.6 Å². The fraction of sp³-hybridized carbons (Fsp3) is 0.364. The van der Waals surface area contributed by atoms with Crippen molar-refractivity contribution in [3.8, 4) is 0 Å². The Morgan fingerprint density at radius 2 is 1.66 bits per heavy atom. The average molecular weight is 498 g/mol. The van der Waals surface area contributed by atoms with E-state index in [0.29, 0.717) is 35.0 Å². The lowest BCUT2D eigenvalue weighted by atomic mass is 10.0. The summed E-state index contributed by atoms with van der Waals surface area (Å²) in [5, 5.41) is 6.09. The first-order valence-corrected chi connectivity index (χ1v) is 12.6. The van der Waals surface area contributed by atoms with Crippen molar-refractivity contribution in [3.63, 3.8) is 0 Å². The summed E-state index contributed by atoms with van der Waals surface area (Å²) >= 11 is 11.9. The van der Waals surface area contributed by atoms with E-state index < -0.39 is 21.8 Å².